The normalized spacial score (nSPS) is 15.9. The summed E-state index contributed by atoms with van der Waals surface area (Å²) in [6.07, 6.45) is 4.35. The second-order valence-corrected chi connectivity index (χ2v) is 4.09. The van der Waals surface area contributed by atoms with Crippen molar-refractivity contribution in [1.82, 2.24) is 0 Å². The molecule has 0 saturated carbocycles. The van der Waals surface area contributed by atoms with E-state index in [4.69, 9.17) is 11.0 Å². The second-order valence-electron chi connectivity index (χ2n) is 4.09. The van der Waals surface area contributed by atoms with E-state index < -0.39 is 6.04 Å². The Morgan fingerprint density at radius 3 is 3.00 bits per heavy atom. The first-order chi connectivity index (χ1) is 7.69. The van der Waals surface area contributed by atoms with E-state index in [2.05, 4.69) is 0 Å². The van der Waals surface area contributed by atoms with Crippen LogP contribution in [0, 0.1) is 17.1 Å². The van der Waals surface area contributed by atoms with Crippen molar-refractivity contribution in [1.29, 1.82) is 5.26 Å². The zero-order valence-electron chi connectivity index (χ0n) is 8.91. The lowest BCUT2D eigenvalue weighted by Crippen LogP contribution is -2.18. The third kappa shape index (κ3) is 2.29. The lowest BCUT2D eigenvalue weighted by atomic mass is 9.89. The zero-order chi connectivity index (χ0) is 11.5. The van der Waals surface area contributed by atoms with Gasteiger partial charge in [-0.1, -0.05) is 17.7 Å². The monoisotopic (exact) mass is 216 g/mol. The molecule has 0 aromatic heterocycles. The number of nitrogens with zero attached hydrogens (tertiary/aromatic N) is 1. The zero-order valence-corrected chi connectivity index (χ0v) is 8.91. The van der Waals surface area contributed by atoms with Crippen LogP contribution in [-0.2, 0) is 6.42 Å². The number of rotatable bonds is 2. The minimum Gasteiger partial charge on any atom is -0.316 e. The molecule has 0 heterocycles. The number of hydrogen-bond acceptors (Lipinski definition) is 2. The average Bonchev–Trinajstić information content (AvgIpc) is 2.28. The van der Waals surface area contributed by atoms with Crippen LogP contribution >= 0.6 is 0 Å². The van der Waals surface area contributed by atoms with Crippen LogP contribution in [0.4, 0.5) is 4.39 Å². The van der Waals surface area contributed by atoms with Gasteiger partial charge in [-0.25, -0.2) is 4.39 Å². The number of aryl methyl sites for hydroxylation is 1. The number of fused-ring (bicyclic) bond motifs is 1. The fraction of sp³-hybridized carbons (Fsp3) is 0.308. The number of benzene rings is 1. The average molecular weight is 216 g/mol. The number of nitriles is 1. The molecule has 0 amide bonds. The maximum absolute atomic E-state index is 13.0. The van der Waals surface area contributed by atoms with Crippen molar-refractivity contribution in [2.45, 2.75) is 25.3 Å². The smallest absolute Gasteiger partial charge is 0.123 e. The summed E-state index contributed by atoms with van der Waals surface area (Å²) in [5.74, 6) is -0.221. The molecule has 82 valence electrons. The Hall–Kier alpha value is -1.66. The fourth-order valence-corrected chi connectivity index (χ4v) is 2.00. The van der Waals surface area contributed by atoms with Gasteiger partial charge in [0.25, 0.3) is 0 Å². The largest absolute Gasteiger partial charge is 0.316 e. The van der Waals surface area contributed by atoms with Crippen molar-refractivity contribution in [3.63, 3.8) is 0 Å². The maximum Gasteiger partial charge on any atom is 0.123 e. The van der Waals surface area contributed by atoms with Gasteiger partial charge in [-0.05, 0) is 42.5 Å². The lowest BCUT2D eigenvalue weighted by molar-refractivity contribution is 0.626. The molecule has 0 spiro atoms. The van der Waals surface area contributed by atoms with Crippen molar-refractivity contribution in [3.05, 3.63) is 40.7 Å². The highest BCUT2D eigenvalue weighted by Gasteiger charge is 2.13. The standard InChI is InChI=1S/C13H13FN2/c14-12-4-3-10-2-1-9(5-11(10)7-12)6-13(16)8-15/h3-5,7,13H,1-2,6,16H2. The number of halogens is 1. The Morgan fingerprint density at radius 2 is 2.25 bits per heavy atom. The summed E-state index contributed by atoms with van der Waals surface area (Å²) in [6.45, 7) is 0. The van der Waals surface area contributed by atoms with Crippen LogP contribution in [-0.4, -0.2) is 6.04 Å². The Bertz CT molecular complexity index is 471. The van der Waals surface area contributed by atoms with Gasteiger partial charge in [0.15, 0.2) is 0 Å². The van der Waals surface area contributed by atoms with Gasteiger partial charge in [-0.3, -0.25) is 0 Å². The summed E-state index contributed by atoms with van der Waals surface area (Å²) in [7, 11) is 0. The predicted molar refractivity (Wildman–Crippen MR) is 60.9 cm³/mol. The summed E-state index contributed by atoms with van der Waals surface area (Å²) >= 11 is 0. The minimum atomic E-state index is -0.457. The van der Waals surface area contributed by atoms with Crippen LogP contribution in [0.2, 0.25) is 0 Å². The third-order valence-electron chi connectivity index (χ3n) is 2.83. The van der Waals surface area contributed by atoms with Crippen molar-refractivity contribution >= 4 is 6.08 Å². The molecule has 0 fully saturated rings. The van der Waals surface area contributed by atoms with Crippen molar-refractivity contribution in [2.24, 2.45) is 5.73 Å². The Kier molecular flexibility index (Phi) is 3.02. The number of hydrogen-bond donors (Lipinski definition) is 1. The molecule has 16 heavy (non-hydrogen) atoms. The quantitative estimate of drug-likeness (QED) is 0.825. The molecule has 2 rings (SSSR count). The second kappa shape index (κ2) is 4.46. The van der Waals surface area contributed by atoms with E-state index in [1.54, 1.807) is 0 Å². The van der Waals surface area contributed by atoms with Gasteiger partial charge in [0.2, 0.25) is 0 Å². The lowest BCUT2D eigenvalue weighted by Gasteiger charge is -2.17. The molecule has 1 unspecified atom stereocenters. The van der Waals surface area contributed by atoms with Crippen LogP contribution in [0.1, 0.15) is 24.0 Å². The highest BCUT2D eigenvalue weighted by atomic mass is 19.1. The first-order valence-corrected chi connectivity index (χ1v) is 5.32. The van der Waals surface area contributed by atoms with E-state index in [1.807, 2.05) is 18.2 Å². The van der Waals surface area contributed by atoms with E-state index in [1.165, 1.54) is 12.1 Å². The van der Waals surface area contributed by atoms with Crippen LogP contribution < -0.4 is 5.73 Å². The number of nitrogens with two attached hydrogens (primary N) is 1. The van der Waals surface area contributed by atoms with Crippen molar-refractivity contribution in [3.8, 4) is 6.07 Å². The summed E-state index contributed by atoms with van der Waals surface area (Å²) in [5.41, 5.74) is 8.79. The molecule has 0 saturated heterocycles. The maximum atomic E-state index is 13.0. The fourth-order valence-electron chi connectivity index (χ4n) is 2.00. The van der Waals surface area contributed by atoms with E-state index in [0.29, 0.717) is 6.42 Å². The molecule has 0 radical (unpaired) electrons. The van der Waals surface area contributed by atoms with Gasteiger partial charge in [-0.15, -0.1) is 0 Å². The first-order valence-electron chi connectivity index (χ1n) is 5.32. The summed E-state index contributed by atoms with van der Waals surface area (Å²) < 4.78 is 13.0. The topological polar surface area (TPSA) is 49.8 Å². The predicted octanol–water partition coefficient (Wildman–Crippen LogP) is 2.40. The van der Waals surface area contributed by atoms with E-state index in [0.717, 1.165) is 29.5 Å². The molecule has 1 aromatic rings. The van der Waals surface area contributed by atoms with E-state index in [9.17, 15) is 4.39 Å². The van der Waals surface area contributed by atoms with Gasteiger partial charge in [0, 0.05) is 0 Å². The Labute approximate surface area is 94.2 Å². The minimum absolute atomic E-state index is 0.221. The molecule has 1 aliphatic rings. The molecular weight excluding hydrogens is 203 g/mol. The molecule has 0 aliphatic heterocycles. The molecule has 2 N–H and O–H groups in total. The third-order valence-corrected chi connectivity index (χ3v) is 2.83. The van der Waals surface area contributed by atoms with Gasteiger partial charge in [0.05, 0.1) is 12.1 Å². The SMILES string of the molecule is N#CC(N)CC1=Cc2cc(F)ccc2CC1. The summed E-state index contributed by atoms with van der Waals surface area (Å²) in [4.78, 5) is 0. The summed E-state index contributed by atoms with van der Waals surface area (Å²) in [5, 5.41) is 8.64. The van der Waals surface area contributed by atoms with Gasteiger partial charge in [0.1, 0.15) is 5.82 Å². The molecular formula is C13H13FN2. The van der Waals surface area contributed by atoms with E-state index in [-0.39, 0.29) is 5.82 Å². The molecule has 2 nitrogen and oxygen atoms in total. The molecule has 3 heteroatoms. The van der Waals surface area contributed by atoms with Crippen LogP contribution in [0.3, 0.4) is 0 Å². The Morgan fingerprint density at radius 1 is 1.44 bits per heavy atom. The molecule has 1 aromatic carbocycles. The Balaban J connectivity index is 2.24. The van der Waals surface area contributed by atoms with Gasteiger partial charge < -0.3 is 5.73 Å². The van der Waals surface area contributed by atoms with Crippen LogP contribution in [0.5, 0.6) is 0 Å². The first kappa shape index (κ1) is 10.8. The van der Waals surface area contributed by atoms with Crippen molar-refractivity contribution in [2.75, 3.05) is 0 Å². The van der Waals surface area contributed by atoms with Crippen LogP contribution in [0.25, 0.3) is 6.08 Å². The summed E-state index contributed by atoms with van der Waals surface area (Å²) in [6, 6.07) is 6.39. The molecule has 1 aliphatic carbocycles. The molecule has 1 atom stereocenters. The van der Waals surface area contributed by atoms with Gasteiger partial charge >= 0.3 is 0 Å². The van der Waals surface area contributed by atoms with Crippen molar-refractivity contribution < 1.29 is 4.39 Å². The highest BCUT2D eigenvalue weighted by Crippen LogP contribution is 2.26. The van der Waals surface area contributed by atoms with Gasteiger partial charge in [-0.2, -0.15) is 5.26 Å². The van der Waals surface area contributed by atoms with Crippen LogP contribution in [0.15, 0.2) is 23.8 Å². The van der Waals surface area contributed by atoms with E-state index >= 15 is 0 Å². The molecule has 0 bridgehead atoms. The highest BCUT2D eigenvalue weighted by molar-refractivity contribution is 5.59.